The molecule has 0 aliphatic heterocycles. The normalized spacial score (nSPS) is 13.6. The lowest BCUT2D eigenvalue weighted by atomic mass is 10.0. The Bertz CT molecular complexity index is 315. The first-order chi connectivity index (χ1) is 7.99. The number of rotatable bonds is 7. The van der Waals surface area contributed by atoms with E-state index in [0.29, 0.717) is 12.1 Å². The van der Waals surface area contributed by atoms with Gasteiger partial charge in [0.2, 0.25) is 0 Å². The molecule has 3 heteroatoms. The van der Waals surface area contributed by atoms with Crippen molar-refractivity contribution in [2.45, 2.75) is 66.1 Å². The fraction of sp³-hybridized carbons (Fsp3) is 0.786. The monoisotopic (exact) mass is 237 g/mol. The van der Waals surface area contributed by atoms with Gasteiger partial charge < -0.3 is 5.32 Å². The van der Waals surface area contributed by atoms with Gasteiger partial charge in [-0.1, -0.05) is 13.8 Å². The molecule has 0 saturated carbocycles. The van der Waals surface area contributed by atoms with E-state index in [4.69, 9.17) is 0 Å². The smallest absolute Gasteiger partial charge is 0.0534 e. The van der Waals surface area contributed by atoms with E-state index >= 15 is 0 Å². The van der Waals surface area contributed by atoms with Crippen LogP contribution in [0, 0.1) is 5.92 Å². The van der Waals surface area contributed by atoms with E-state index in [1.165, 1.54) is 18.4 Å². The Morgan fingerprint density at radius 1 is 1.18 bits per heavy atom. The summed E-state index contributed by atoms with van der Waals surface area (Å²) in [6, 6.07) is 1.03. The predicted molar refractivity (Wildman–Crippen MR) is 73.0 cm³/mol. The molecule has 0 fully saturated rings. The lowest BCUT2D eigenvalue weighted by Crippen LogP contribution is -2.25. The molecule has 1 unspecified atom stereocenters. The van der Waals surface area contributed by atoms with Gasteiger partial charge >= 0.3 is 0 Å². The quantitative estimate of drug-likeness (QED) is 0.788. The third-order valence-electron chi connectivity index (χ3n) is 3.02. The zero-order valence-electron chi connectivity index (χ0n) is 11.9. The van der Waals surface area contributed by atoms with Crippen LogP contribution in [0.25, 0.3) is 0 Å². The van der Waals surface area contributed by atoms with E-state index in [2.05, 4.69) is 51.2 Å². The summed E-state index contributed by atoms with van der Waals surface area (Å²) in [5, 5.41) is 7.90. The summed E-state index contributed by atoms with van der Waals surface area (Å²) in [6.07, 6.45) is 6.63. The van der Waals surface area contributed by atoms with Crippen LogP contribution in [0.1, 0.15) is 59.1 Å². The summed E-state index contributed by atoms with van der Waals surface area (Å²) in [5.74, 6) is 0.794. The van der Waals surface area contributed by atoms with Crippen LogP contribution >= 0.6 is 0 Å². The van der Waals surface area contributed by atoms with Crippen molar-refractivity contribution in [3.8, 4) is 0 Å². The van der Waals surface area contributed by atoms with E-state index in [9.17, 15) is 0 Å². The fourth-order valence-electron chi connectivity index (χ4n) is 1.73. The first-order valence-corrected chi connectivity index (χ1v) is 6.75. The summed E-state index contributed by atoms with van der Waals surface area (Å²) in [4.78, 5) is 0. The number of aromatic nitrogens is 2. The topological polar surface area (TPSA) is 29.9 Å². The molecule has 1 aromatic rings. The number of hydrogen-bond donors (Lipinski definition) is 1. The maximum atomic E-state index is 4.34. The van der Waals surface area contributed by atoms with Crippen molar-refractivity contribution in [3.05, 3.63) is 18.0 Å². The van der Waals surface area contributed by atoms with E-state index in [1.807, 2.05) is 10.9 Å². The number of hydrogen-bond acceptors (Lipinski definition) is 2. The van der Waals surface area contributed by atoms with Crippen LogP contribution in [0.5, 0.6) is 0 Å². The maximum Gasteiger partial charge on any atom is 0.0534 e. The molecule has 1 atom stereocenters. The molecule has 0 aliphatic rings. The highest BCUT2D eigenvalue weighted by Crippen LogP contribution is 2.08. The Labute approximate surface area is 106 Å². The van der Waals surface area contributed by atoms with Crippen LogP contribution in [0.3, 0.4) is 0 Å². The summed E-state index contributed by atoms with van der Waals surface area (Å²) < 4.78 is 2.01. The molecule has 1 N–H and O–H groups in total. The molecular weight excluding hydrogens is 210 g/mol. The molecule has 1 rings (SSSR count). The first-order valence-electron chi connectivity index (χ1n) is 6.75. The fourth-order valence-corrected chi connectivity index (χ4v) is 1.73. The van der Waals surface area contributed by atoms with Crippen LogP contribution in [0.15, 0.2) is 12.4 Å². The van der Waals surface area contributed by atoms with Gasteiger partial charge in [0.15, 0.2) is 0 Å². The van der Waals surface area contributed by atoms with Crippen molar-refractivity contribution >= 4 is 0 Å². The second-order valence-corrected chi connectivity index (χ2v) is 5.68. The summed E-state index contributed by atoms with van der Waals surface area (Å²) in [6.45, 7) is 12.0. The van der Waals surface area contributed by atoms with E-state index < -0.39 is 0 Å². The van der Waals surface area contributed by atoms with Crippen LogP contribution in [0.2, 0.25) is 0 Å². The molecule has 17 heavy (non-hydrogen) atoms. The largest absolute Gasteiger partial charge is 0.310 e. The van der Waals surface area contributed by atoms with Crippen LogP contribution < -0.4 is 5.32 Å². The highest BCUT2D eigenvalue weighted by atomic mass is 15.3. The third-order valence-corrected chi connectivity index (χ3v) is 3.02. The Morgan fingerprint density at radius 3 is 2.41 bits per heavy atom. The molecule has 0 radical (unpaired) electrons. The lowest BCUT2D eigenvalue weighted by molar-refractivity contribution is 0.450. The Kier molecular flexibility index (Phi) is 5.69. The van der Waals surface area contributed by atoms with Gasteiger partial charge in [0.05, 0.1) is 6.20 Å². The highest BCUT2D eigenvalue weighted by Gasteiger charge is 2.05. The van der Waals surface area contributed by atoms with Crippen molar-refractivity contribution in [1.82, 2.24) is 15.1 Å². The summed E-state index contributed by atoms with van der Waals surface area (Å²) in [7, 11) is 0. The van der Waals surface area contributed by atoms with Crippen molar-refractivity contribution in [3.63, 3.8) is 0 Å². The van der Waals surface area contributed by atoms with Gasteiger partial charge in [-0.2, -0.15) is 5.10 Å². The van der Waals surface area contributed by atoms with Crippen molar-refractivity contribution < 1.29 is 0 Å². The zero-order chi connectivity index (χ0) is 12.8. The molecule has 0 amide bonds. The van der Waals surface area contributed by atoms with Crippen LogP contribution in [-0.2, 0) is 6.54 Å². The second-order valence-electron chi connectivity index (χ2n) is 5.68. The molecule has 0 bridgehead atoms. The molecule has 0 aromatic carbocycles. The zero-order valence-corrected chi connectivity index (χ0v) is 11.9. The molecule has 3 nitrogen and oxygen atoms in total. The molecular formula is C14H27N3. The first kappa shape index (κ1) is 14.2. The minimum absolute atomic E-state index is 0.446. The van der Waals surface area contributed by atoms with Crippen LogP contribution in [-0.4, -0.2) is 15.8 Å². The predicted octanol–water partition coefficient (Wildman–Crippen LogP) is 3.38. The SMILES string of the molecule is CC(C)CCC(C)NCc1cnn(C(C)C)c1. The molecule has 0 spiro atoms. The minimum Gasteiger partial charge on any atom is -0.310 e. The Morgan fingerprint density at radius 2 is 1.88 bits per heavy atom. The Balaban J connectivity index is 2.29. The average molecular weight is 237 g/mol. The van der Waals surface area contributed by atoms with Crippen molar-refractivity contribution in [2.24, 2.45) is 5.92 Å². The van der Waals surface area contributed by atoms with Gasteiger partial charge in [-0.15, -0.1) is 0 Å². The second kappa shape index (κ2) is 6.80. The number of nitrogens with one attached hydrogen (secondary N) is 1. The van der Waals surface area contributed by atoms with Gasteiger partial charge in [0, 0.05) is 30.4 Å². The van der Waals surface area contributed by atoms with Gasteiger partial charge in [0.1, 0.15) is 0 Å². The number of nitrogens with zero attached hydrogens (tertiary/aromatic N) is 2. The van der Waals surface area contributed by atoms with Gasteiger partial charge in [-0.25, -0.2) is 0 Å². The van der Waals surface area contributed by atoms with Crippen LogP contribution in [0.4, 0.5) is 0 Å². The van der Waals surface area contributed by atoms with Crippen molar-refractivity contribution in [2.75, 3.05) is 0 Å². The van der Waals surface area contributed by atoms with Gasteiger partial charge in [-0.05, 0) is 39.5 Å². The summed E-state index contributed by atoms with van der Waals surface area (Å²) >= 11 is 0. The highest BCUT2D eigenvalue weighted by molar-refractivity contribution is 5.03. The summed E-state index contributed by atoms with van der Waals surface area (Å²) in [5.41, 5.74) is 1.27. The minimum atomic E-state index is 0.446. The molecule has 1 heterocycles. The maximum absolute atomic E-state index is 4.34. The van der Waals surface area contributed by atoms with Crippen molar-refractivity contribution in [1.29, 1.82) is 0 Å². The lowest BCUT2D eigenvalue weighted by Gasteiger charge is -2.14. The molecule has 1 aromatic heterocycles. The van der Waals surface area contributed by atoms with E-state index in [0.717, 1.165) is 12.5 Å². The van der Waals surface area contributed by atoms with E-state index in [-0.39, 0.29) is 0 Å². The average Bonchev–Trinajstić information content (AvgIpc) is 2.72. The molecule has 0 aliphatic carbocycles. The standard InChI is InChI=1S/C14H27N3/c1-11(2)6-7-13(5)15-8-14-9-16-17(10-14)12(3)4/h9-13,15H,6-8H2,1-5H3. The van der Waals surface area contributed by atoms with Gasteiger partial charge in [-0.3, -0.25) is 4.68 Å². The molecule has 98 valence electrons. The molecule has 0 saturated heterocycles. The Hall–Kier alpha value is -0.830. The van der Waals surface area contributed by atoms with Gasteiger partial charge in [0.25, 0.3) is 0 Å². The third kappa shape index (κ3) is 5.35. The van der Waals surface area contributed by atoms with E-state index in [1.54, 1.807) is 0 Å².